The standard InChI is InChI=1S/C23H26N4O4S/c1-2-16-8-10-19(11-9-16)27-15-17(13-22(27)28)23(29)25-18-5-3-6-20(14-18)32(30,31)26-21-7-4-12-24-21/h3,5-6,8-11,14,17H,2,4,7,12-13,15H2,1H3,(H,24,26)(H,25,29)/t17-/m0/s1. The van der Waals surface area contributed by atoms with Crippen LogP contribution in [0.15, 0.2) is 58.4 Å². The normalized spacial score (nSPS) is 18.5. The molecule has 2 N–H and O–H groups in total. The molecule has 2 heterocycles. The number of sulfonamides is 1. The van der Waals surface area contributed by atoms with Crippen LogP contribution >= 0.6 is 0 Å². The summed E-state index contributed by atoms with van der Waals surface area (Å²) in [5.74, 6) is -0.475. The monoisotopic (exact) mass is 454 g/mol. The second-order valence-corrected chi connectivity index (χ2v) is 9.66. The fourth-order valence-electron chi connectivity index (χ4n) is 3.87. The molecule has 2 aromatic carbocycles. The number of rotatable bonds is 6. The number of carbonyl (C=O) groups is 2. The predicted octanol–water partition coefficient (Wildman–Crippen LogP) is 2.71. The van der Waals surface area contributed by atoms with E-state index in [0.29, 0.717) is 24.5 Å². The molecule has 1 atom stereocenters. The van der Waals surface area contributed by atoms with Crippen LogP contribution in [0.2, 0.25) is 0 Å². The van der Waals surface area contributed by atoms with Gasteiger partial charge in [-0.15, -0.1) is 0 Å². The third-order valence-electron chi connectivity index (χ3n) is 5.69. The summed E-state index contributed by atoms with van der Waals surface area (Å²) >= 11 is 0. The molecule has 0 saturated carbocycles. The van der Waals surface area contributed by atoms with Gasteiger partial charge in [-0.05, 0) is 48.7 Å². The fourth-order valence-corrected chi connectivity index (χ4v) is 5.00. The molecule has 0 bridgehead atoms. The van der Waals surface area contributed by atoms with Crippen molar-refractivity contribution in [1.29, 1.82) is 0 Å². The van der Waals surface area contributed by atoms with Gasteiger partial charge in [-0.3, -0.25) is 19.3 Å². The van der Waals surface area contributed by atoms with Gasteiger partial charge in [0.2, 0.25) is 11.8 Å². The summed E-state index contributed by atoms with van der Waals surface area (Å²) in [5, 5.41) is 2.76. The van der Waals surface area contributed by atoms with Gasteiger partial charge in [0, 0.05) is 37.3 Å². The maximum Gasteiger partial charge on any atom is 0.262 e. The number of aryl methyl sites for hydroxylation is 1. The van der Waals surface area contributed by atoms with Gasteiger partial charge in [-0.1, -0.05) is 25.1 Å². The summed E-state index contributed by atoms with van der Waals surface area (Å²) in [4.78, 5) is 31.1. The van der Waals surface area contributed by atoms with Crippen molar-refractivity contribution in [3.05, 3.63) is 54.1 Å². The Morgan fingerprint density at radius 1 is 1.19 bits per heavy atom. The highest BCUT2D eigenvalue weighted by Gasteiger charge is 2.35. The second kappa shape index (κ2) is 9.12. The van der Waals surface area contributed by atoms with E-state index in [-0.39, 0.29) is 29.7 Å². The minimum absolute atomic E-state index is 0.0463. The zero-order chi connectivity index (χ0) is 22.7. The Morgan fingerprint density at radius 3 is 2.66 bits per heavy atom. The molecule has 168 valence electrons. The SMILES string of the molecule is CCc1ccc(N2C[C@@H](C(=O)Nc3cccc(S(=O)(=O)NC4=NCCC4)c3)CC2=O)cc1. The number of amidine groups is 1. The van der Waals surface area contributed by atoms with Crippen LogP contribution in [0.1, 0.15) is 31.7 Å². The van der Waals surface area contributed by atoms with E-state index in [1.54, 1.807) is 17.0 Å². The van der Waals surface area contributed by atoms with Gasteiger partial charge >= 0.3 is 0 Å². The zero-order valence-corrected chi connectivity index (χ0v) is 18.7. The molecule has 2 amide bonds. The summed E-state index contributed by atoms with van der Waals surface area (Å²) < 4.78 is 27.7. The predicted molar refractivity (Wildman–Crippen MR) is 123 cm³/mol. The van der Waals surface area contributed by atoms with Crippen LogP contribution in [0.5, 0.6) is 0 Å². The first-order chi connectivity index (χ1) is 15.4. The van der Waals surface area contributed by atoms with Crippen molar-refractivity contribution in [2.75, 3.05) is 23.3 Å². The van der Waals surface area contributed by atoms with E-state index in [0.717, 1.165) is 18.5 Å². The van der Waals surface area contributed by atoms with Crippen LogP contribution in [0, 0.1) is 5.92 Å². The molecular weight excluding hydrogens is 428 g/mol. The van der Waals surface area contributed by atoms with E-state index < -0.39 is 15.9 Å². The third kappa shape index (κ3) is 4.83. The van der Waals surface area contributed by atoms with Crippen molar-refractivity contribution in [3.8, 4) is 0 Å². The van der Waals surface area contributed by atoms with Crippen LogP contribution < -0.4 is 14.9 Å². The molecule has 1 saturated heterocycles. The van der Waals surface area contributed by atoms with Crippen molar-refractivity contribution in [2.24, 2.45) is 10.9 Å². The average molecular weight is 455 g/mol. The molecule has 1 fully saturated rings. The molecule has 0 unspecified atom stereocenters. The Hall–Kier alpha value is -3.20. The van der Waals surface area contributed by atoms with Crippen LogP contribution in [0.4, 0.5) is 11.4 Å². The summed E-state index contributed by atoms with van der Waals surface area (Å²) in [6, 6.07) is 13.8. The number of aliphatic imine (C=N–C) groups is 1. The Morgan fingerprint density at radius 2 is 1.97 bits per heavy atom. The molecule has 8 nitrogen and oxygen atoms in total. The average Bonchev–Trinajstić information content (AvgIpc) is 3.43. The molecule has 0 aromatic heterocycles. The minimum atomic E-state index is -3.77. The fraction of sp³-hybridized carbons (Fsp3) is 0.348. The molecule has 0 spiro atoms. The molecule has 0 aliphatic carbocycles. The highest BCUT2D eigenvalue weighted by molar-refractivity contribution is 7.90. The van der Waals surface area contributed by atoms with Gasteiger partial charge in [0.05, 0.1) is 10.8 Å². The Bertz CT molecular complexity index is 1160. The van der Waals surface area contributed by atoms with Crippen LogP contribution in [0.3, 0.4) is 0 Å². The lowest BCUT2D eigenvalue weighted by molar-refractivity contribution is -0.122. The van der Waals surface area contributed by atoms with Gasteiger partial charge in [-0.2, -0.15) is 0 Å². The van der Waals surface area contributed by atoms with Crippen LogP contribution in [0.25, 0.3) is 0 Å². The van der Waals surface area contributed by atoms with Crippen molar-refractivity contribution in [2.45, 2.75) is 37.5 Å². The van der Waals surface area contributed by atoms with Gasteiger partial charge in [0.1, 0.15) is 5.84 Å². The van der Waals surface area contributed by atoms with Crippen molar-refractivity contribution in [3.63, 3.8) is 0 Å². The number of anilines is 2. The van der Waals surface area contributed by atoms with Gasteiger partial charge in [0.15, 0.2) is 0 Å². The largest absolute Gasteiger partial charge is 0.326 e. The topological polar surface area (TPSA) is 108 Å². The lowest BCUT2D eigenvalue weighted by Gasteiger charge is -2.17. The lowest BCUT2D eigenvalue weighted by atomic mass is 10.1. The van der Waals surface area contributed by atoms with Crippen LogP contribution in [-0.4, -0.2) is 39.2 Å². The highest BCUT2D eigenvalue weighted by Crippen LogP contribution is 2.27. The number of carbonyl (C=O) groups excluding carboxylic acids is 2. The third-order valence-corrected chi connectivity index (χ3v) is 7.07. The highest BCUT2D eigenvalue weighted by atomic mass is 32.2. The van der Waals surface area contributed by atoms with E-state index in [1.165, 1.54) is 17.7 Å². The molecular formula is C23H26N4O4S. The number of nitrogens with one attached hydrogen (secondary N) is 2. The van der Waals surface area contributed by atoms with E-state index in [1.807, 2.05) is 24.3 Å². The number of hydrogen-bond donors (Lipinski definition) is 2. The zero-order valence-electron chi connectivity index (χ0n) is 17.9. The molecule has 4 rings (SSSR count). The summed E-state index contributed by atoms with van der Waals surface area (Å²) in [6.45, 7) is 2.97. The van der Waals surface area contributed by atoms with E-state index in [4.69, 9.17) is 0 Å². The number of hydrogen-bond acceptors (Lipinski definition) is 5. The van der Waals surface area contributed by atoms with Crippen molar-refractivity contribution >= 4 is 39.0 Å². The van der Waals surface area contributed by atoms with Crippen molar-refractivity contribution < 1.29 is 18.0 Å². The summed E-state index contributed by atoms with van der Waals surface area (Å²) in [7, 11) is -3.77. The van der Waals surface area contributed by atoms with Gasteiger partial charge in [-0.25, -0.2) is 8.42 Å². The summed E-state index contributed by atoms with van der Waals surface area (Å²) in [6.07, 6.45) is 2.45. The van der Waals surface area contributed by atoms with Crippen LogP contribution in [-0.2, 0) is 26.0 Å². The molecule has 2 aromatic rings. The van der Waals surface area contributed by atoms with Gasteiger partial charge in [0.25, 0.3) is 10.0 Å². The van der Waals surface area contributed by atoms with Crippen molar-refractivity contribution in [1.82, 2.24) is 4.72 Å². The molecule has 0 radical (unpaired) electrons. The van der Waals surface area contributed by atoms with E-state index in [2.05, 4.69) is 22.0 Å². The Labute approximate surface area is 187 Å². The lowest BCUT2D eigenvalue weighted by Crippen LogP contribution is -2.29. The number of amides is 2. The molecule has 2 aliphatic rings. The maximum atomic E-state index is 12.8. The first kappa shape index (κ1) is 22.0. The first-order valence-corrected chi connectivity index (χ1v) is 12.2. The Kier molecular flexibility index (Phi) is 6.27. The van der Waals surface area contributed by atoms with E-state index in [9.17, 15) is 18.0 Å². The molecule has 32 heavy (non-hydrogen) atoms. The van der Waals surface area contributed by atoms with Gasteiger partial charge < -0.3 is 10.2 Å². The second-order valence-electron chi connectivity index (χ2n) is 7.98. The number of nitrogens with zero attached hydrogens (tertiary/aromatic N) is 2. The Balaban J connectivity index is 1.42. The maximum absolute atomic E-state index is 12.8. The summed E-state index contributed by atoms with van der Waals surface area (Å²) in [5.41, 5.74) is 2.32. The molecule has 9 heteroatoms. The minimum Gasteiger partial charge on any atom is -0.326 e. The molecule has 2 aliphatic heterocycles. The first-order valence-electron chi connectivity index (χ1n) is 10.7. The van der Waals surface area contributed by atoms with E-state index >= 15 is 0 Å². The smallest absolute Gasteiger partial charge is 0.262 e. The quantitative estimate of drug-likeness (QED) is 0.700. The number of benzene rings is 2.